The molecule has 2 heterocycles. The maximum Gasteiger partial charge on any atom is 0.246 e. The van der Waals surface area contributed by atoms with Crippen LogP contribution in [0.25, 0.3) is 0 Å². The molecule has 94 valence electrons. The lowest BCUT2D eigenvalue weighted by Gasteiger charge is -2.38. The van der Waals surface area contributed by atoms with Gasteiger partial charge in [0.15, 0.2) is 0 Å². The van der Waals surface area contributed by atoms with Crippen molar-refractivity contribution in [3.05, 3.63) is 22.4 Å². The standard InChI is InChI=1S/C12H18N2O2S/c1-12(8-13-9-12)16-7-11(15)14-5-4-10-3-2-6-17-10/h2-3,6,13H,4-5,7-9H2,1H3,(H,14,15). The predicted octanol–water partition coefficient (Wildman–Crippen LogP) is 0.785. The summed E-state index contributed by atoms with van der Waals surface area (Å²) < 4.78 is 5.54. The first-order chi connectivity index (χ1) is 8.18. The Bertz CT molecular complexity index is 361. The maximum absolute atomic E-state index is 11.5. The van der Waals surface area contributed by atoms with E-state index in [-0.39, 0.29) is 18.1 Å². The van der Waals surface area contributed by atoms with Gasteiger partial charge in [0.2, 0.25) is 5.91 Å². The highest BCUT2D eigenvalue weighted by Gasteiger charge is 2.32. The van der Waals surface area contributed by atoms with E-state index in [4.69, 9.17) is 4.74 Å². The monoisotopic (exact) mass is 254 g/mol. The molecule has 5 heteroatoms. The summed E-state index contributed by atoms with van der Waals surface area (Å²) >= 11 is 1.71. The first kappa shape index (κ1) is 12.5. The molecule has 1 aromatic rings. The molecule has 2 rings (SSSR count). The minimum absolute atomic E-state index is 0.0327. The molecule has 4 nitrogen and oxygen atoms in total. The van der Waals surface area contributed by atoms with Crippen molar-refractivity contribution in [1.29, 1.82) is 0 Å². The summed E-state index contributed by atoms with van der Waals surface area (Å²) in [6, 6.07) is 4.10. The van der Waals surface area contributed by atoms with Crippen LogP contribution in [0.15, 0.2) is 17.5 Å². The second-order valence-corrected chi connectivity index (χ2v) is 5.55. The summed E-state index contributed by atoms with van der Waals surface area (Å²) in [5.41, 5.74) is -0.148. The summed E-state index contributed by atoms with van der Waals surface area (Å²) in [5.74, 6) is -0.0327. The van der Waals surface area contributed by atoms with E-state index < -0.39 is 0 Å². The summed E-state index contributed by atoms with van der Waals surface area (Å²) in [5, 5.41) is 8.04. The first-order valence-corrected chi connectivity index (χ1v) is 6.70. The normalized spacial score (nSPS) is 17.5. The summed E-state index contributed by atoms with van der Waals surface area (Å²) in [7, 11) is 0. The zero-order valence-corrected chi connectivity index (χ0v) is 10.8. The average Bonchev–Trinajstić information content (AvgIpc) is 2.77. The fourth-order valence-corrected chi connectivity index (χ4v) is 2.36. The van der Waals surface area contributed by atoms with Gasteiger partial charge in [0.25, 0.3) is 0 Å². The van der Waals surface area contributed by atoms with E-state index >= 15 is 0 Å². The van der Waals surface area contributed by atoms with E-state index in [0.717, 1.165) is 19.5 Å². The minimum atomic E-state index is -0.148. The molecule has 1 aliphatic heterocycles. The Morgan fingerprint density at radius 1 is 1.65 bits per heavy atom. The van der Waals surface area contributed by atoms with Crippen molar-refractivity contribution in [3.8, 4) is 0 Å². The number of carbonyl (C=O) groups is 1. The molecule has 1 fully saturated rings. The molecule has 0 spiro atoms. The molecule has 0 saturated carbocycles. The molecule has 1 aromatic heterocycles. The van der Waals surface area contributed by atoms with Crippen molar-refractivity contribution < 1.29 is 9.53 Å². The number of hydrogen-bond donors (Lipinski definition) is 2. The molecule has 0 radical (unpaired) electrons. The molecule has 1 aliphatic rings. The molecule has 0 atom stereocenters. The molecule has 2 N–H and O–H groups in total. The van der Waals surface area contributed by atoms with Crippen LogP contribution in [0, 0.1) is 0 Å². The van der Waals surface area contributed by atoms with Crippen LogP contribution in [-0.4, -0.2) is 37.7 Å². The highest BCUT2D eigenvalue weighted by atomic mass is 32.1. The number of thiophene rings is 1. The van der Waals surface area contributed by atoms with Gasteiger partial charge in [-0.15, -0.1) is 11.3 Å². The first-order valence-electron chi connectivity index (χ1n) is 5.82. The quantitative estimate of drug-likeness (QED) is 0.789. The maximum atomic E-state index is 11.5. The van der Waals surface area contributed by atoms with Gasteiger partial charge >= 0.3 is 0 Å². The molecule has 0 unspecified atom stereocenters. The van der Waals surface area contributed by atoms with E-state index in [1.165, 1.54) is 4.88 Å². The second-order valence-electron chi connectivity index (χ2n) is 4.52. The van der Waals surface area contributed by atoms with Crippen LogP contribution < -0.4 is 10.6 Å². The Morgan fingerprint density at radius 3 is 3.06 bits per heavy atom. The van der Waals surface area contributed by atoms with Crippen LogP contribution in [0.2, 0.25) is 0 Å². The van der Waals surface area contributed by atoms with Gasteiger partial charge in [0.1, 0.15) is 6.61 Å². The van der Waals surface area contributed by atoms with Crippen LogP contribution >= 0.6 is 11.3 Å². The van der Waals surface area contributed by atoms with E-state index in [0.29, 0.717) is 6.54 Å². The second kappa shape index (κ2) is 5.62. The molecule has 0 aliphatic carbocycles. The van der Waals surface area contributed by atoms with Crippen molar-refractivity contribution in [3.63, 3.8) is 0 Å². The van der Waals surface area contributed by atoms with Gasteiger partial charge in [-0.2, -0.15) is 0 Å². The van der Waals surface area contributed by atoms with Gasteiger partial charge in [0.05, 0.1) is 5.60 Å². The molecular weight excluding hydrogens is 236 g/mol. The molecule has 1 amide bonds. The van der Waals surface area contributed by atoms with Crippen LogP contribution in [0.4, 0.5) is 0 Å². The van der Waals surface area contributed by atoms with E-state index in [1.54, 1.807) is 11.3 Å². The van der Waals surface area contributed by atoms with Crippen molar-refractivity contribution in [1.82, 2.24) is 10.6 Å². The zero-order chi connectivity index (χ0) is 12.1. The number of hydrogen-bond acceptors (Lipinski definition) is 4. The SMILES string of the molecule is CC1(OCC(=O)NCCc2cccs2)CNC1. The third-order valence-electron chi connectivity index (χ3n) is 2.82. The molecule has 0 bridgehead atoms. The van der Waals surface area contributed by atoms with E-state index in [9.17, 15) is 4.79 Å². The summed E-state index contributed by atoms with van der Waals surface area (Å²) in [6.07, 6.45) is 0.891. The highest BCUT2D eigenvalue weighted by molar-refractivity contribution is 7.09. The van der Waals surface area contributed by atoms with Crippen molar-refractivity contribution in [2.24, 2.45) is 0 Å². The van der Waals surface area contributed by atoms with Gasteiger partial charge in [0, 0.05) is 24.5 Å². The average molecular weight is 254 g/mol. The topological polar surface area (TPSA) is 50.4 Å². The number of rotatable bonds is 6. The van der Waals surface area contributed by atoms with Crippen molar-refractivity contribution in [2.45, 2.75) is 18.9 Å². The predicted molar refractivity (Wildman–Crippen MR) is 68.3 cm³/mol. The highest BCUT2D eigenvalue weighted by Crippen LogP contribution is 2.14. The Labute approximate surface area is 105 Å². The summed E-state index contributed by atoms with van der Waals surface area (Å²) in [6.45, 7) is 4.51. The lowest BCUT2D eigenvalue weighted by molar-refractivity contribution is -0.135. The van der Waals surface area contributed by atoms with Crippen LogP contribution in [0.3, 0.4) is 0 Å². The largest absolute Gasteiger partial charge is 0.363 e. The van der Waals surface area contributed by atoms with Gasteiger partial charge < -0.3 is 15.4 Å². The lowest BCUT2D eigenvalue weighted by atomic mass is 10.0. The number of ether oxygens (including phenoxy) is 1. The molecular formula is C12H18N2O2S. The fraction of sp³-hybridized carbons (Fsp3) is 0.583. The fourth-order valence-electron chi connectivity index (χ4n) is 1.65. The number of nitrogens with one attached hydrogen (secondary N) is 2. The van der Waals surface area contributed by atoms with Crippen molar-refractivity contribution in [2.75, 3.05) is 26.2 Å². The third-order valence-corrected chi connectivity index (χ3v) is 3.76. The zero-order valence-electron chi connectivity index (χ0n) is 9.99. The Kier molecular flexibility index (Phi) is 4.15. The summed E-state index contributed by atoms with van der Waals surface area (Å²) in [4.78, 5) is 12.8. The van der Waals surface area contributed by atoms with Crippen LogP contribution in [0.1, 0.15) is 11.8 Å². The number of carbonyl (C=O) groups excluding carboxylic acids is 1. The third kappa shape index (κ3) is 3.80. The van der Waals surface area contributed by atoms with Gasteiger partial charge in [-0.25, -0.2) is 0 Å². The van der Waals surface area contributed by atoms with Crippen molar-refractivity contribution >= 4 is 17.2 Å². The van der Waals surface area contributed by atoms with E-state index in [1.807, 2.05) is 18.4 Å². The van der Waals surface area contributed by atoms with Gasteiger partial charge in [-0.3, -0.25) is 4.79 Å². The molecule has 1 saturated heterocycles. The van der Waals surface area contributed by atoms with Crippen LogP contribution in [-0.2, 0) is 16.0 Å². The lowest BCUT2D eigenvalue weighted by Crippen LogP contribution is -2.59. The van der Waals surface area contributed by atoms with Gasteiger partial charge in [-0.1, -0.05) is 6.07 Å². The smallest absolute Gasteiger partial charge is 0.246 e. The van der Waals surface area contributed by atoms with Crippen LogP contribution in [0.5, 0.6) is 0 Å². The number of amides is 1. The Hall–Kier alpha value is -0.910. The van der Waals surface area contributed by atoms with E-state index in [2.05, 4.69) is 16.7 Å². The van der Waals surface area contributed by atoms with Gasteiger partial charge in [-0.05, 0) is 24.8 Å². The molecule has 0 aromatic carbocycles. The Morgan fingerprint density at radius 2 is 2.47 bits per heavy atom. The Balaban J connectivity index is 1.58. The minimum Gasteiger partial charge on any atom is -0.363 e. The molecule has 17 heavy (non-hydrogen) atoms.